The molecule has 0 aromatic heterocycles. The third kappa shape index (κ3) is 3.22. The number of amides is 1. The monoisotopic (exact) mass is 284 g/mol. The van der Waals surface area contributed by atoms with Gasteiger partial charge in [0.1, 0.15) is 11.9 Å². The number of nitrogens with one attached hydrogen (secondary N) is 1. The molecule has 1 amide bonds. The lowest BCUT2D eigenvalue weighted by Gasteiger charge is -2.06. The van der Waals surface area contributed by atoms with E-state index in [9.17, 15) is 14.0 Å². The Morgan fingerprint density at radius 2 is 1.86 bits per heavy atom. The van der Waals surface area contributed by atoms with Crippen LogP contribution in [0.2, 0.25) is 0 Å². The molecular weight excluding hydrogens is 275 g/mol. The topological polar surface area (TPSA) is 90.2 Å². The Kier molecular flexibility index (Phi) is 3.95. The van der Waals surface area contributed by atoms with Gasteiger partial charge in [-0.15, -0.1) is 0 Å². The third-order valence-electron chi connectivity index (χ3n) is 2.72. The van der Waals surface area contributed by atoms with E-state index in [1.807, 2.05) is 0 Å². The van der Waals surface area contributed by atoms with Crippen LogP contribution in [0.1, 0.15) is 26.3 Å². The zero-order chi connectivity index (χ0) is 15.4. The van der Waals surface area contributed by atoms with Crippen LogP contribution in [0.25, 0.3) is 0 Å². The Hall–Kier alpha value is -3.20. The summed E-state index contributed by atoms with van der Waals surface area (Å²) < 4.78 is 13.2. The summed E-state index contributed by atoms with van der Waals surface area (Å²) in [6.07, 6.45) is 0. The first-order valence-electron chi connectivity index (χ1n) is 5.85. The van der Waals surface area contributed by atoms with Crippen LogP contribution >= 0.6 is 0 Å². The van der Waals surface area contributed by atoms with E-state index < -0.39 is 17.7 Å². The van der Waals surface area contributed by atoms with Gasteiger partial charge >= 0.3 is 5.97 Å². The van der Waals surface area contributed by atoms with Gasteiger partial charge in [-0.05, 0) is 36.4 Å². The number of hydrogen-bond donors (Lipinski definition) is 2. The molecule has 2 aromatic carbocycles. The molecule has 2 N–H and O–H groups in total. The SMILES string of the molecule is N#Cc1cc(NC(=O)c2cccc(C(=O)O)c2)ccc1F. The summed E-state index contributed by atoms with van der Waals surface area (Å²) in [6.45, 7) is 0. The number of carbonyl (C=O) groups excluding carboxylic acids is 1. The van der Waals surface area contributed by atoms with Crippen molar-refractivity contribution in [3.63, 3.8) is 0 Å². The Labute approximate surface area is 119 Å². The average Bonchev–Trinajstić information content (AvgIpc) is 2.49. The quantitative estimate of drug-likeness (QED) is 0.906. The van der Waals surface area contributed by atoms with Crippen LogP contribution in [-0.2, 0) is 0 Å². The van der Waals surface area contributed by atoms with E-state index in [4.69, 9.17) is 10.4 Å². The van der Waals surface area contributed by atoms with Gasteiger partial charge in [-0.25, -0.2) is 9.18 Å². The van der Waals surface area contributed by atoms with Crippen molar-refractivity contribution < 1.29 is 19.1 Å². The lowest BCUT2D eigenvalue weighted by Crippen LogP contribution is -2.13. The second-order valence-corrected chi connectivity index (χ2v) is 4.15. The number of nitriles is 1. The number of hydrogen-bond acceptors (Lipinski definition) is 3. The zero-order valence-corrected chi connectivity index (χ0v) is 10.6. The fourth-order valence-electron chi connectivity index (χ4n) is 1.69. The van der Waals surface area contributed by atoms with Crippen molar-refractivity contribution >= 4 is 17.6 Å². The maximum absolute atomic E-state index is 13.2. The van der Waals surface area contributed by atoms with E-state index >= 15 is 0 Å². The number of carboxylic acids is 1. The molecule has 0 saturated carbocycles. The molecule has 0 saturated heterocycles. The van der Waals surface area contributed by atoms with E-state index in [-0.39, 0.29) is 22.4 Å². The maximum Gasteiger partial charge on any atom is 0.335 e. The van der Waals surface area contributed by atoms with Crippen LogP contribution in [0.4, 0.5) is 10.1 Å². The van der Waals surface area contributed by atoms with E-state index in [1.165, 1.54) is 36.4 Å². The second-order valence-electron chi connectivity index (χ2n) is 4.15. The molecule has 104 valence electrons. The van der Waals surface area contributed by atoms with Crippen molar-refractivity contribution in [2.24, 2.45) is 0 Å². The summed E-state index contributed by atoms with van der Waals surface area (Å²) in [5.41, 5.74) is 0.197. The number of rotatable bonds is 3. The average molecular weight is 284 g/mol. The van der Waals surface area contributed by atoms with Gasteiger partial charge < -0.3 is 10.4 Å². The molecule has 0 fully saturated rings. The largest absolute Gasteiger partial charge is 0.478 e. The van der Waals surface area contributed by atoms with Gasteiger partial charge in [0.15, 0.2) is 0 Å². The predicted octanol–water partition coefficient (Wildman–Crippen LogP) is 2.65. The van der Waals surface area contributed by atoms with Gasteiger partial charge in [0.05, 0.1) is 11.1 Å². The Balaban J connectivity index is 2.24. The zero-order valence-electron chi connectivity index (χ0n) is 10.6. The van der Waals surface area contributed by atoms with Crippen LogP contribution in [0.3, 0.4) is 0 Å². The first-order chi connectivity index (χ1) is 10.0. The number of carbonyl (C=O) groups is 2. The molecule has 6 heteroatoms. The van der Waals surface area contributed by atoms with Crippen molar-refractivity contribution in [2.75, 3.05) is 5.32 Å². The van der Waals surface area contributed by atoms with Crippen LogP contribution in [0.15, 0.2) is 42.5 Å². The molecule has 0 unspecified atom stereocenters. The third-order valence-corrected chi connectivity index (χ3v) is 2.72. The molecule has 0 radical (unpaired) electrons. The number of carboxylic acid groups (broad SMARTS) is 1. The smallest absolute Gasteiger partial charge is 0.335 e. The highest BCUT2D eigenvalue weighted by molar-refractivity contribution is 6.05. The highest BCUT2D eigenvalue weighted by atomic mass is 19.1. The lowest BCUT2D eigenvalue weighted by atomic mass is 10.1. The fraction of sp³-hybridized carbons (Fsp3) is 0. The van der Waals surface area contributed by atoms with Gasteiger partial charge in [-0.2, -0.15) is 5.26 Å². The summed E-state index contributed by atoms with van der Waals surface area (Å²) in [5.74, 6) is -2.37. The highest BCUT2D eigenvalue weighted by Gasteiger charge is 2.11. The summed E-state index contributed by atoms with van der Waals surface area (Å²) in [5, 5.41) is 20.1. The molecule has 0 aliphatic rings. The fourth-order valence-corrected chi connectivity index (χ4v) is 1.69. The van der Waals surface area contributed by atoms with Crippen LogP contribution in [0, 0.1) is 17.1 Å². The van der Waals surface area contributed by atoms with E-state index in [0.29, 0.717) is 0 Å². The summed E-state index contributed by atoms with van der Waals surface area (Å²) in [7, 11) is 0. The van der Waals surface area contributed by atoms with Crippen molar-refractivity contribution in [3.8, 4) is 6.07 Å². The van der Waals surface area contributed by atoms with Gasteiger partial charge in [0.2, 0.25) is 0 Å². The number of aromatic carboxylic acids is 1. The summed E-state index contributed by atoms with van der Waals surface area (Å²) in [6, 6.07) is 10.8. The first kappa shape index (κ1) is 14.2. The molecule has 2 aromatic rings. The van der Waals surface area contributed by atoms with Gasteiger partial charge in [-0.3, -0.25) is 4.79 Å². The standard InChI is InChI=1S/C15H9FN2O3/c16-13-5-4-12(7-11(13)8-17)18-14(19)9-2-1-3-10(6-9)15(20)21/h1-7H,(H,18,19)(H,20,21). The summed E-state index contributed by atoms with van der Waals surface area (Å²) in [4.78, 5) is 22.8. The molecule has 0 aliphatic carbocycles. The Morgan fingerprint density at radius 1 is 1.14 bits per heavy atom. The van der Waals surface area contributed by atoms with E-state index in [1.54, 1.807) is 6.07 Å². The van der Waals surface area contributed by atoms with Crippen LogP contribution in [-0.4, -0.2) is 17.0 Å². The molecule has 0 bridgehead atoms. The van der Waals surface area contributed by atoms with E-state index in [2.05, 4.69) is 5.32 Å². The normalized spacial score (nSPS) is 9.71. The number of nitrogens with zero attached hydrogens (tertiary/aromatic N) is 1. The van der Waals surface area contributed by atoms with Crippen molar-refractivity contribution in [1.29, 1.82) is 5.26 Å². The molecular formula is C15H9FN2O3. The van der Waals surface area contributed by atoms with Gasteiger partial charge in [0.25, 0.3) is 5.91 Å². The minimum Gasteiger partial charge on any atom is -0.478 e. The molecule has 0 heterocycles. The van der Waals surface area contributed by atoms with Crippen molar-refractivity contribution in [2.45, 2.75) is 0 Å². The number of benzene rings is 2. The summed E-state index contributed by atoms with van der Waals surface area (Å²) >= 11 is 0. The molecule has 0 spiro atoms. The number of halogens is 1. The van der Waals surface area contributed by atoms with Crippen molar-refractivity contribution in [1.82, 2.24) is 0 Å². The maximum atomic E-state index is 13.2. The molecule has 21 heavy (non-hydrogen) atoms. The van der Waals surface area contributed by atoms with E-state index in [0.717, 1.165) is 6.07 Å². The first-order valence-corrected chi connectivity index (χ1v) is 5.85. The molecule has 5 nitrogen and oxygen atoms in total. The molecule has 0 aliphatic heterocycles. The Bertz CT molecular complexity index is 766. The minimum atomic E-state index is -1.14. The predicted molar refractivity (Wildman–Crippen MR) is 72.5 cm³/mol. The molecule has 2 rings (SSSR count). The molecule has 0 atom stereocenters. The van der Waals surface area contributed by atoms with Gasteiger partial charge in [-0.1, -0.05) is 6.07 Å². The van der Waals surface area contributed by atoms with Crippen LogP contribution in [0.5, 0.6) is 0 Å². The Morgan fingerprint density at radius 3 is 2.52 bits per heavy atom. The highest BCUT2D eigenvalue weighted by Crippen LogP contribution is 2.15. The van der Waals surface area contributed by atoms with Crippen molar-refractivity contribution in [3.05, 3.63) is 65.0 Å². The lowest BCUT2D eigenvalue weighted by molar-refractivity contribution is 0.0697. The second kappa shape index (κ2) is 5.84. The van der Waals surface area contributed by atoms with Crippen LogP contribution < -0.4 is 5.32 Å². The van der Waals surface area contributed by atoms with Gasteiger partial charge in [0, 0.05) is 11.3 Å². The number of anilines is 1. The minimum absolute atomic E-state index is 0.0144.